The molecule has 2 rings (SSSR count). The predicted octanol–water partition coefficient (Wildman–Crippen LogP) is 2.16. The molecule has 88 valence electrons. The van der Waals surface area contributed by atoms with E-state index in [2.05, 4.69) is 24.3 Å². The van der Waals surface area contributed by atoms with Gasteiger partial charge >= 0.3 is 0 Å². The third-order valence-electron chi connectivity index (χ3n) is 3.38. The highest BCUT2D eigenvalue weighted by Gasteiger charge is 2.15. The lowest BCUT2D eigenvalue weighted by Gasteiger charge is -2.23. The second-order valence-electron chi connectivity index (χ2n) is 4.57. The molecule has 1 fully saturated rings. The van der Waals surface area contributed by atoms with Crippen LogP contribution in [-0.4, -0.2) is 19.8 Å². The minimum atomic E-state index is 0.741. The molecule has 1 aromatic rings. The lowest BCUT2D eigenvalue weighted by molar-refractivity contribution is 0.0665. The van der Waals surface area contributed by atoms with E-state index in [9.17, 15) is 0 Å². The zero-order chi connectivity index (χ0) is 11.2. The third-order valence-corrected chi connectivity index (χ3v) is 3.38. The average Bonchev–Trinajstić information content (AvgIpc) is 2.33. The molecular weight excluding hydrogens is 198 g/mol. The maximum atomic E-state index is 5.64. The van der Waals surface area contributed by atoms with Crippen molar-refractivity contribution in [3.63, 3.8) is 0 Å². The van der Waals surface area contributed by atoms with E-state index in [1.165, 1.54) is 30.4 Å². The topological polar surface area (TPSA) is 35.2 Å². The van der Waals surface area contributed by atoms with Gasteiger partial charge in [-0.1, -0.05) is 24.3 Å². The van der Waals surface area contributed by atoms with Crippen molar-refractivity contribution in [3.8, 4) is 0 Å². The Kier molecular flexibility index (Phi) is 4.37. The fraction of sp³-hybridized carbons (Fsp3) is 0.571. The summed E-state index contributed by atoms with van der Waals surface area (Å²) in [7, 11) is 0. The van der Waals surface area contributed by atoms with Gasteiger partial charge in [-0.2, -0.15) is 0 Å². The molecule has 1 aromatic carbocycles. The molecule has 0 aromatic heterocycles. The molecular formula is C14H21NO. The van der Waals surface area contributed by atoms with Crippen LogP contribution < -0.4 is 5.73 Å². The van der Waals surface area contributed by atoms with Crippen molar-refractivity contribution in [2.75, 3.05) is 19.8 Å². The first-order valence-electron chi connectivity index (χ1n) is 6.24. The maximum absolute atomic E-state index is 5.64. The molecule has 1 saturated heterocycles. The van der Waals surface area contributed by atoms with Crippen LogP contribution in [0.4, 0.5) is 0 Å². The number of ether oxygens (including phenoxy) is 1. The van der Waals surface area contributed by atoms with Gasteiger partial charge in [0.15, 0.2) is 0 Å². The van der Waals surface area contributed by atoms with Crippen molar-refractivity contribution < 1.29 is 4.74 Å². The Labute approximate surface area is 97.8 Å². The Hall–Kier alpha value is -0.860. The largest absolute Gasteiger partial charge is 0.381 e. The van der Waals surface area contributed by atoms with Crippen molar-refractivity contribution in [1.29, 1.82) is 0 Å². The zero-order valence-corrected chi connectivity index (χ0v) is 9.82. The predicted molar refractivity (Wildman–Crippen MR) is 66.4 cm³/mol. The number of hydrogen-bond acceptors (Lipinski definition) is 2. The van der Waals surface area contributed by atoms with Crippen LogP contribution in [0.2, 0.25) is 0 Å². The molecule has 0 aliphatic carbocycles. The van der Waals surface area contributed by atoms with E-state index < -0.39 is 0 Å². The lowest BCUT2D eigenvalue weighted by atomic mass is 9.89. The summed E-state index contributed by atoms with van der Waals surface area (Å²) in [6.07, 6.45) is 4.60. The van der Waals surface area contributed by atoms with Gasteiger partial charge in [-0.3, -0.25) is 0 Å². The van der Waals surface area contributed by atoms with Crippen LogP contribution in [0.3, 0.4) is 0 Å². The van der Waals surface area contributed by atoms with Crippen LogP contribution in [0.5, 0.6) is 0 Å². The monoisotopic (exact) mass is 219 g/mol. The molecule has 0 spiro atoms. The van der Waals surface area contributed by atoms with Gasteiger partial charge in [-0.25, -0.2) is 0 Å². The Bertz CT molecular complexity index is 318. The normalized spacial score (nSPS) is 17.6. The van der Waals surface area contributed by atoms with E-state index in [-0.39, 0.29) is 0 Å². The lowest BCUT2D eigenvalue weighted by Crippen LogP contribution is -2.18. The molecule has 0 amide bonds. The minimum Gasteiger partial charge on any atom is -0.381 e. The zero-order valence-electron chi connectivity index (χ0n) is 9.82. The highest BCUT2D eigenvalue weighted by atomic mass is 16.5. The summed E-state index contributed by atoms with van der Waals surface area (Å²) in [5.41, 5.74) is 8.56. The molecule has 1 aliphatic heterocycles. The first kappa shape index (κ1) is 11.6. The molecule has 1 heterocycles. The fourth-order valence-electron chi connectivity index (χ4n) is 2.42. The van der Waals surface area contributed by atoms with Crippen LogP contribution in [0, 0.1) is 5.92 Å². The molecule has 1 aliphatic rings. The van der Waals surface area contributed by atoms with Crippen molar-refractivity contribution in [1.82, 2.24) is 0 Å². The van der Waals surface area contributed by atoms with Crippen molar-refractivity contribution in [2.24, 2.45) is 11.7 Å². The van der Waals surface area contributed by atoms with Gasteiger partial charge in [0.25, 0.3) is 0 Å². The van der Waals surface area contributed by atoms with Crippen LogP contribution in [-0.2, 0) is 17.6 Å². The number of benzene rings is 1. The smallest absolute Gasteiger partial charge is 0.0468 e. The SMILES string of the molecule is NCCc1ccccc1CC1CCOCC1. The molecule has 0 unspecified atom stereocenters. The molecule has 16 heavy (non-hydrogen) atoms. The second kappa shape index (κ2) is 6.02. The number of nitrogens with two attached hydrogens (primary N) is 1. The Morgan fingerprint density at radius 2 is 1.81 bits per heavy atom. The van der Waals surface area contributed by atoms with E-state index in [0.717, 1.165) is 32.1 Å². The summed E-state index contributed by atoms with van der Waals surface area (Å²) in [6.45, 7) is 2.61. The number of rotatable bonds is 4. The first-order valence-corrected chi connectivity index (χ1v) is 6.24. The summed E-state index contributed by atoms with van der Waals surface area (Å²) in [5, 5.41) is 0. The summed E-state index contributed by atoms with van der Waals surface area (Å²) >= 11 is 0. The fourth-order valence-corrected chi connectivity index (χ4v) is 2.42. The van der Waals surface area contributed by atoms with Gasteiger partial charge in [-0.05, 0) is 49.3 Å². The summed E-state index contributed by atoms with van der Waals surface area (Å²) in [4.78, 5) is 0. The van der Waals surface area contributed by atoms with E-state index >= 15 is 0 Å². The van der Waals surface area contributed by atoms with E-state index in [0.29, 0.717) is 0 Å². The van der Waals surface area contributed by atoms with Crippen molar-refractivity contribution >= 4 is 0 Å². The van der Waals surface area contributed by atoms with Crippen LogP contribution >= 0.6 is 0 Å². The molecule has 0 bridgehead atoms. The van der Waals surface area contributed by atoms with Crippen LogP contribution in [0.25, 0.3) is 0 Å². The quantitative estimate of drug-likeness (QED) is 0.842. The molecule has 2 nitrogen and oxygen atoms in total. The minimum absolute atomic E-state index is 0.741. The Balaban J connectivity index is 2.01. The summed E-state index contributed by atoms with van der Waals surface area (Å²) in [6, 6.07) is 8.70. The standard InChI is InChI=1S/C14H21NO/c15-8-5-13-3-1-2-4-14(13)11-12-6-9-16-10-7-12/h1-4,12H,5-11,15H2. The van der Waals surface area contributed by atoms with Gasteiger partial charge in [-0.15, -0.1) is 0 Å². The van der Waals surface area contributed by atoms with Gasteiger partial charge in [0, 0.05) is 13.2 Å². The van der Waals surface area contributed by atoms with E-state index in [4.69, 9.17) is 10.5 Å². The third kappa shape index (κ3) is 3.06. The Morgan fingerprint density at radius 3 is 2.50 bits per heavy atom. The second-order valence-corrected chi connectivity index (χ2v) is 4.57. The van der Waals surface area contributed by atoms with Gasteiger partial charge in [0.1, 0.15) is 0 Å². The van der Waals surface area contributed by atoms with Gasteiger partial charge in [0.05, 0.1) is 0 Å². The molecule has 2 heteroatoms. The highest BCUT2D eigenvalue weighted by molar-refractivity contribution is 5.27. The van der Waals surface area contributed by atoms with Gasteiger partial charge < -0.3 is 10.5 Å². The maximum Gasteiger partial charge on any atom is 0.0468 e. The summed E-state index contributed by atoms with van der Waals surface area (Å²) < 4.78 is 5.40. The molecule has 2 N–H and O–H groups in total. The molecule has 0 atom stereocenters. The first-order chi connectivity index (χ1) is 7.90. The van der Waals surface area contributed by atoms with Crippen LogP contribution in [0.1, 0.15) is 24.0 Å². The van der Waals surface area contributed by atoms with E-state index in [1.54, 1.807) is 0 Å². The molecule has 0 saturated carbocycles. The average molecular weight is 219 g/mol. The van der Waals surface area contributed by atoms with E-state index in [1.807, 2.05) is 0 Å². The van der Waals surface area contributed by atoms with Gasteiger partial charge in [0.2, 0.25) is 0 Å². The highest BCUT2D eigenvalue weighted by Crippen LogP contribution is 2.22. The Morgan fingerprint density at radius 1 is 1.12 bits per heavy atom. The van der Waals surface area contributed by atoms with Crippen LogP contribution in [0.15, 0.2) is 24.3 Å². The number of hydrogen-bond donors (Lipinski definition) is 1. The van der Waals surface area contributed by atoms with Crippen molar-refractivity contribution in [3.05, 3.63) is 35.4 Å². The summed E-state index contributed by atoms with van der Waals surface area (Å²) in [5.74, 6) is 0.799. The van der Waals surface area contributed by atoms with Crippen molar-refractivity contribution in [2.45, 2.75) is 25.7 Å². The molecule has 0 radical (unpaired) electrons.